The highest BCUT2D eigenvalue weighted by Crippen LogP contribution is 2.29. The number of nitrogens with zero attached hydrogens (tertiary/aromatic N) is 2. The van der Waals surface area contributed by atoms with Crippen LogP contribution >= 0.6 is 0 Å². The fraction of sp³-hybridized carbons (Fsp3) is 0.250. The Morgan fingerprint density at radius 3 is 1.40 bits per heavy atom. The van der Waals surface area contributed by atoms with Gasteiger partial charge in [0.2, 0.25) is 0 Å². The highest BCUT2D eigenvalue weighted by Gasteiger charge is 2.23. The van der Waals surface area contributed by atoms with E-state index >= 15 is 0 Å². The maximum atomic E-state index is 13.5. The number of phenolic OH excluding ortho intramolecular Hbond substituents is 2. The Kier molecular flexibility index (Phi) is 12.9. The molecule has 0 radical (unpaired) electrons. The first kappa shape index (κ1) is 36.9. The zero-order valence-corrected chi connectivity index (χ0v) is 28.7. The lowest BCUT2D eigenvalue weighted by atomic mass is 9.97. The molecule has 0 spiro atoms. The van der Waals surface area contributed by atoms with E-state index in [0.29, 0.717) is 0 Å². The molecule has 0 amide bonds. The van der Waals surface area contributed by atoms with Crippen molar-refractivity contribution in [1.82, 2.24) is 0 Å². The summed E-state index contributed by atoms with van der Waals surface area (Å²) in [6.07, 6.45) is 2.97. The van der Waals surface area contributed by atoms with E-state index in [-0.39, 0.29) is 58.1 Å². The molecule has 0 saturated heterocycles. The Morgan fingerprint density at radius 1 is 0.520 bits per heavy atom. The highest BCUT2D eigenvalue weighted by atomic mass is 16.5. The molecular formula is C40H42N2O8. The number of ether oxygens (including phenoxy) is 2. The molecule has 0 fully saturated rings. The molecule has 0 aliphatic rings. The van der Waals surface area contributed by atoms with Crippen LogP contribution in [0.5, 0.6) is 11.5 Å². The summed E-state index contributed by atoms with van der Waals surface area (Å²) in [6.45, 7) is 10.6. The van der Waals surface area contributed by atoms with Gasteiger partial charge in [-0.3, -0.25) is 9.59 Å². The lowest BCUT2D eigenvalue weighted by Crippen LogP contribution is -2.22. The van der Waals surface area contributed by atoms with Gasteiger partial charge in [0.05, 0.1) is 22.3 Å². The smallest absolute Gasteiger partial charge is 0.339 e. The molecule has 50 heavy (non-hydrogen) atoms. The van der Waals surface area contributed by atoms with E-state index in [4.69, 9.17) is 9.47 Å². The van der Waals surface area contributed by atoms with E-state index in [1.165, 1.54) is 48.6 Å². The van der Waals surface area contributed by atoms with Crippen LogP contribution in [0.3, 0.4) is 0 Å². The largest absolute Gasteiger partial charge is 0.507 e. The molecule has 4 aromatic carbocycles. The summed E-state index contributed by atoms with van der Waals surface area (Å²) in [6, 6.07) is 22.1. The van der Waals surface area contributed by atoms with Crippen LogP contribution in [0, 0.1) is 0 Å². The number of hydrogen-bond donors (Lipinski definition) is 2. The van der Waals surface area contributed by atoms with Gasteiger partial charge in [0.1, 0.15) is 24.7 Å². The van der Waals surface area contributed by atoms with Crippen molar-refractivity contribution >= 4 is 34.9 Å². The molecule has 0 unspecified atom stereocenters. The minimum atomic E-state index is -0.740. The Morgan fingerprint density at radius 2 is 0.940 bits per heavy atom. The molecule has 4 rings (SSSR count). The molecule has 4 aromatic rings. The monoisotopic (exact) mass is 678 g/mol. The Labute approximate surface area is 292 Å². The van der Waals surface area contributed by atoms with Crippen LogP contribution in [0.2, 0.25) is 0 Å². The summed E-state index contributed by atoms with van der Waals surface area (Å²) in [4.78, 5) is 56.9. The first-order chi connectivity index (χ1) is 24.1. The fourth-order valence-electron chi connectivity index (χ4n) is 5.54. The third-order valence-corrected chi connectivity index (χ3v) is 8.28. The van der Waals surface area contributed by atoms with Crippen molar-refractivity contribution in [3.63, 3.8) is 0 Å². The summed E-state index contributed by atoms with van der Waals surface area (Å²) in [5.41, 5.74) is 1.95. The lowest BCUT2D eigenvalue weighted by Gasteiger charge is -2.22. The number of carbonyl (C=O) groups is 4. The Hall–Kier alpha value is -5.90. The SMILES string of the molecule is CCN(CC)c1ccc(C(=O)c2ccccc2C(=O)OC/C=C/COC(=O)c2ccccc2C(=O)c2cc(N(CC)CC)ccc2O)c(O)c1. The molecule has 2 N–H and O–H groups in total. The zero-order valence-electron chi connectivity index (χ0n) is 28.7. The van der Waals surface area contributed by atoms with Crippen LogP contribution in [-0.2, 0) is 9.47 Å². The van der Waals surface area contributed by atoms with Gasteiger partial charge in [0.25, 0.3) is 0 Å². The minimum absolute atomic E-state index is 0.0412. The van der Waals surface area contributed by atoms with E-state index in [0.717, 1.165) is 37.6 Å². The zero-order chi connectivity index (χ0) is 36.2. The van der Waals surface area contributed by atoms with Gasteiger partial charge in [-0.1, -0.05) is 36.4 Å². The molecule has 10 nitrogen and oxygen atoms in total. The van der Waals surface area contributed by atoms with Crippen LogP contribution in [0.1, 0.15) is 80.3 Å². The minimum Gasteiger partial charge on any atom is -0.507 e. The van der Waals surface area contributed by atoms with Gasteiger partial charge in [-0.15, -0.1) is 0 Å². The van der Waals surface area contributed by atoms with Gasteiger partial charge in [0.15, 0.2) is 11.6 Å². The molecule has 0 saturated carbocycles. The van der Waals surface area contributed by atoms with Gasteiger partial charge in [-0.25, -0.2) is 9.59 Å². The van der Waals surface area contributed by atoms with Crippen molar-refractivity contribution in [2.45, 2.75) is 27.7 Å². The van der Waals surface area contributed by atoms with E-state index < -0.39 is 23.5 Å². The second-order valence-corrected chi connectivity index (χ2v) is 11.2. The molecular weight excluding hydrogens is 636 g/mol. The highest BCUT2D eigenvalue weighted by molar-refractivity contribution is 6.16. The molecule has 260 valence electrons. The third kappa shape index (κ3) is 8.57. The maximum Gasteiger partial charge on any atom is 0.339 e. The average Bonchev–Trinajstić information content (AvgIpc) is 3.14. The molecule has 0 aliphatic carbocycles. The first-order valence-electron chi connectivity index (χ1n) is 16.6. The van der Waals surface area contributed by atoms with Gasteiger partial charge in [-0.2, -0.15) is 0 Å². The number of anilines is 2. The quantitative estimate of drug-likeness (QED) is 0.0739. The molecule has 0 bridgehead atoms. The fourth-order valence-corrected chi connectivity index (χ4v) is 5.54. The number of hydrogen-bond acceptors (Lipinski definition) is 10. The summed E-state index contributed by atoms with van der Waals surface area (Å²) in [5.74, 6) is -2.89. The first-order valence-corrected chi connectivity index (χ1v) is 16.6. The van der Waals surface area contributed by atoms with E-state index in [1.807, 2.05) is 37.5 Å². The molecule has 10 heteroatoms. The van der Waals surface area contributed by atoms with Crippen LogP contribution in [-0.4, -0.2) is 73.1 Å². The number of ketones is 2. The third-order valence-electron chi connectivity index (χ3n) is 8.28. The number of rotatable bonds is 16. The van der Waals surface area contributed by atoms with Crippen LogP contribution < -0.4 is 9.80 Å². The molecule has 0 aliphatic heterocycles. The topological polar surface area (TPSA) is 134 Å². The average molecular weight is 679 g/mol. The Balaban J connectivity index is 1.37. The van der Waals surface area contributed by atoms with Gasteiger partial charge < -0.3 is 29.5 Å². The van der Waals surface area contributed by atoms with Gasteiger partial charge in [0, 0.05) is 54.7 Å². The van der Waals surface area contributed by atoms with Crippen LogP contribution in [0.25, 0.3) is 0 Å². The van der Waals surface area contributed by atoms with Crippen LogP contribution in [0.4, 0.5) is 11.4 Å². The maximum absolute atomic E-state index is 13.5. The lowest BCUT2D eigenvalue weighted by molar-refractivity contribution is 0.0525. The van der Waals surface area contributed by atoms with Crippen molar-refractivity contribution in [3.8, 4) is 11.5 Å². The van der Waals surface area contributed by atoms with E-state index in [2.05, 4.69) is 0 Å². The summed E-state index contributed by atoms with van der Waals surface area (Å²) in [5, 5.41) is 21.1. The van der Waals surface area contributed by atoms with Crippen LogP contribution in [0.15, 0.2) is 97.1 Å². The van der Waals surface area contributed by atoms with Crippen molar-refractivity contribution < 1.29 is 38.9 Å². The van der Waals surface area contributed by atoms with E-state index in [9.17, 15) is 29.4 Å². The molecule has 0 atom stereocenters. The summed E-state index contributed by atoms with van der Waals surface area (Å²) < 4.78 is 10.7. The summed E-state index contributed by atoms with van der Waals surface area (Å²) >= 11 is 0. The van der Waals surface area contributed by atoms with Crippen molar-refractivity contribution in [2.75, 3.05) is 49.2 Å². The summed E-state index contributed by atoms with van der Waals surface area (Å²) in [7, 11) is 0. The number of aromatic hydroxyl groups is 2. The van der Waals surface area contributed by atoms with Crippen molar-refractivity contribution in [2.24, 2.45) is 0 Å². The number of esters is 2. The number of phenols is 2. The number of benzene rings is 4. The Bertz CT molecular complexity index is 1880. The predicted molar refractivity (Wildman–Crippen MR) is 193 cm³/mol. The second kappa shape index (κ2) is 17.5. The second-order valence-electron chi connectivity index (χ2n) is 11.2. The molecule has 0 aromatic heterocycles. The van der Waals surface area contributed by atoms with Gasteiger partial charge in [-0.05, 0) is 82.3 Å². The molecule has 0 heterocycles. The van der Waals surface area contributed by atoms with Crippen molar-refractivity contribution in [1.29, 1.82) is 0 Å². The van der Waals surface area contributed by atoms with Crippen molar-refractivity contribution in [3.05, 3.63) is 130 Å². The number of carbonyl (C=O) groups excluding carboxylic acids is 4. The predicted octanol–water partition coefficient (Wildman–Crippen LogP) is 6.82. The normalized spacial score (nSPS) is 10.9. The van der Waals surface area contributed by atoms with Gasteiger partial charge >= 0.3 is 11.9 Å². The standard InChI is InChI=1S/C40H42N2O8/c1-5-41(6-2)27-20-22-35(43)34(25-27)38(46)30-16-10-12-18-32(30)40(48)50-24-14-13-23-49-39(47)31-17-11-9-15-29(31)37(45)33-21-19-28(26-36(33)44)42(7-3)8-4/h9-22,25-26,43-44H,5-8,23-24H2,1-4H3/b14-13+. The van der Waals surface area contributed by atoms with E-state index in [1.54, 1.807) is 48.5 Å².